The van der Waals surface area contributed by atoms with Gasteiger partial charge in [0.05, 0.1) is 41.7 Å². The van der Waals surface area contributed by atoms with Crippen LogP contribution in [0.3, 0.4) is 0 Å². The number of halogens is 1. The summed E-state index contributed by atoms with van der Waals surface area (Å²) in [5.74, 6) is -0.500. The number of carboxylic acids is 1. The second-order valence-electron chi connectivity index (χ2n) is 4.76. The van der Waals surface area contributed by atoms with Crippen molar-refractivity contribution >= 4 is 23.4 Å². The summed E-state index contributed by atoms with van der Waals surface area (Å²) < 4.78 is 1.85. The zero-order valence-corrected chi connectivity index (χ0v) is 11.8. The molecule has 2 aromatic heterocycles. The van der Waals surface area contributed by atoms with E-state index in [2.05, 4.69) is 10.1 Å². The van der Waals surface area contributed by atoms with Crippen LogP contribution in [0.2, 0.25) is 5.02 Å². The van der Waals surface area contributed by atoms with Gasteiger partial charge >= 0.3 is 5.97 Å². The van der Waals surface area contributed by atoms with Gasteiger partial charge in [-0.05, 0) is 12.1 Å². The first kappa shape index (κ1) is 13.8. The smallest absolute Gasteiger partial charge is 0.337 e. The molecule has 1 aliphatic heterocycles. The number of aromatic nitrogens is 3. The van der Waals surface area contributed by atoms with Crippen LogP contribution in [-0.2, 0) is 19.7 Å². The van der Waals surface area contributed by atoms with E-state index >= 15 is 0 Å². The molecule has 2 aromatic rings. The number of hydrogen-bond donors (Lipinski definition) is 2. The molecule has 0 aromatic carbocycles. The molecule has 8 heteroatoms. The molecule has 1 aliphatic rings. The molecule has 0 saturated carbocycles. The Balaban J connectivity index is 1.87. The van der Waals surface area contributed by atoms with Crippen molar-refractivity contribution in [2.75, 3.05) is 11.4 Å². The quantitative estimate of drug-likeness (QED) is 0.883. The van der Waals surface area contributed by atoms with Gasteiger partial charge < -0.3 is 15.1 Å². The number of fused-ring (bicyclic) bond motifs is 1. The van der Waals surface area contributed by atoms with E-state index < -0.39 is 5.97 Å². The molecule has 3 heterocycles. The Morgan fingerprint density at radius 1 is 1.38 bits per heavy atom. The van der Waals surface area contributed by atoms with Gasteiger partial charge in [-0.3, -0.25) is 4.68 Å². The van der Waals surface area contributed by atoms with E-state index in [0.29, 0.717) is 36.2 Å². The Kier molecular flexibility index (Phi) is 3.52. The lowest BCUT2D eigenvalue weighted by molar-refractivity contribution is 0.0696. The van der Waals surface area contributed by atoms with Gasteiger partial charge in [0.2, 0.25) is 0 Å². The molecule has 0 bridgehead atoms. The fourth-order valence-electron chi connectivity index (χ4n) is 2.36. The molecule has 0 saturated heterocycles. The number of carboxylic acid groups (broad SMARTS) is 1. The van der Waals surface area contributed by atoms with E-state index in [1.165, 1.54) is 12.3 Å². The summed E-state index contributed by atoms with van der Waals surface area (Å²) in [5, 5.41) is 22.6. The van der Waals surface area contributed by atoms with Crippen molar-refractivity contribution in [3.8, 4) is 0 Å². The summed E-state index contributed by atoms with van der Waals surface area (Å²) in [5.41, 5.74) is 1.66. The summed E-state index contributed by atoms with van der Waals surface area (Å²) in [6, 6.07) is 3.24. The van der Waals surface area contributed by atoms with Crippen molar-refractivity contribution in [2.24, 2.45) is 0 Å². The van der Waals surface area contributed by atoms with Gasteiger partial charge in [-0.25, -0.2) is 9.78 Å². The summed E-state index contributed by atoms with van der Waals surface area (Å²) in [6.45, 7) is 1.80. The molecule has 0 amide bonds. The highest BCUT2D eigenvalue weighted by Crippen LogP contribution is 2.27. The van der Waals surface area contributed by atoms with Gasteiger partial charge in [0.1, 0.15) is 5.82 Å². The van der Waals surface area contributed by atoms with E-state index in [1.807, 2.05) is 15.6 Å². The maximum atomic E-state index is 10.9. The van der Waals surface area contributed by atoms with Crippen molar-refractivity contribution in [1.82, 2.24) is 14.8 Å². The maximum absolute atomic E-state index is 10.9. The van der Waals surface area contributed by atoms with Crippen molar-refractivity contribution in [3.63, 3.8) is 0 Å². The third kappa shape index (κ3) is 2.57. The fraction of sp³-hybridized carbons (Fsp3) is 0.308. The molecule has 0 radical (unpaired) electrons. The zero-order valence-electron chi connectivity index (χ0n) is 11.0. The first-order valence-corrected chi connectivity index (χ1v) is 6.76. The van der Waals surface area contributed by atoms with Gasteiger partial charge in [0.15, 0.2) is 0 Å². The predicted molar refractivity (Wildman–Crippen MR) is 75.4 cm³/mol. The third-order valence-electron chi connectivity index (χ3n) is 3.38. The van der Waals surface area contributed by atoms with Crippen LogP contribution in [0.15, 0.2) is 18.3 Å². The lowest BCUT2D eigenvalue weighted by Gasteiger charge is -2.29. The van der Waals surface area contributed by atoms with Crippen LogP contribution < -0.4 is 4.90 Å². The number of anilines is 1. The monoisotopic (exact) mass is 308 g/mol. The van der Waals surface area contributed by atoms with Crippen LogP contribution in [0.4, 0.5) is 5.82 Å². The molecule has 0 spiro atoms. The second-order valence-corrected chi connectivity index (χ2v) is 5.17. The number of hydrogen-bond acceptors (Lipinski definition) is 5. The molecule has 0 fully saturated rings. The third-order valence-corrected chi connectivity index (χ3v) is 3.66. The van der Waals surface area contributed by atoms with Crippen LogP contribution in [-0.4, -0.2) is 37.5 Å². The summed E-state index contributed by atoms with van der Waals surface area (Å²) in [7, 11) is 0. The minimum absolute atomic E-state index is 0.0633. The van der Waals surface area contributed by atoms with Crippen molar-refractivity contribution in [1.29, 1.82) is 0 Å². The predicted octanol–water partition coefficient (Wildman–Crippen LogP) is 1.14. The Labute approximate surface area is 125 Å². The first-order chi connectivity index (χ1) is 10.1. The standard InChI is InChI=1S/C13H13ClN4O3/c14-11-3-8(13(20)21)5-15-12(11)17-1-2-18-10(6-17)4-9(7-19)16-18/h3-5,19H,1-2,6-7H2,(H,20,21). The van der Waals surface area contributed by atoms with E-state index in [-0.39, 0.29) is 12.2 Å². The van der Waals surface area contributed by atoms with Gasteiger partial charge in [0, 0.05) is 12.7 Å². The number of aliphatic hydroxyl groups is 1. The highest BCUT2D eigenvalue weighted by atomic mass is 35.5. The minimum atomic E-state index is -1.06. The van der Waals surface area contributed by atoms with Crippen LogP contribution >= 0.6 is 11.6 Å². The summed E-state index contributed by atoms with van der Waals surface area (Å²) in [6.07, 6.45) is 1.30. The van der Waals surface area contributed by atoms with Crippen molar-refractivity contribution in [3.05, 3.63) is 40.3 Å². The molecule has 21 heavy (non-hydrogen) atoms. The number of aliphatic hydroxyl groups excluding tert-OH is 1. The molecule has 110 valence electrons. The van der Waals surface area contributed by atoms with Crippen LogP contribution in [0, 0.1) is 0 Å². The average molecular weight is 309 g/mol. The molecule has 0 atom stereocenters. The van der Waals surface area contributed by atoms with E-state index in [0.717, 1.165) is 5.69 Å². The second kappa shape index (κ2) is 5.34. The molecular weight excluding hydrogens is 296 g/mol. The molecule has 7 nitrogen and oxygen atoms in total. The molecule has 0 aliphatic carbocycles. The van der Waals surface area contributed by atoms with Gasteiger partial charge in [-0.2, -0.15) is 5.10 Å². The van der Waals surface area contributed by atoms with Crippen LogP contribution in [0.1, 0.15) is 21.7 Å². The van der Waals surface area contributed by atoms with Gasteiger partial charge in [-0.1, -0.05) is 11.6 Å². The van der Waals surface area contributed by atoms with Crippen LogP contribution in [0.25, 0.3) is 0 Å². The average Bonchev–Trinajstić information content (AvgIpc) is 2.89. The summed E-state index contributed by atoms with van der Waals surface area (Å²) in [4.78, 5) is 17.0. The Morgan fingerprint density at radius 3 is 2.86 bits per heavy atom. The highest BCUT2D eigenvalue weighted by Gasteiger charge is 2.21. The molecule has 3 rings (SSSR count). The van der Waals surface area contributed by atoms with Crippen LogP contribution in [0.5, 0.6) is 0 Å². The molecular formula is C13H13ClN4O3. The number of rotatable bonds is 3. The maximum Gasteiger partial charge on any atom is 0.337 e. The largest absolute Gasteiger partial charge is 0.478 e. The van der Waals surface area contributed by atoms with E-state index in [1.54, 1.807) is 0 Å². The van der Waals surface area contributed by atoms with Crippen molar-refractivity contribution in [2.45, 2.75) is 19.7 Å². The Bertz CT molecular complexity index is 701. The first-order valence-electron chi connectivity index (χ1n) is 6.38. The van der Waals surface area contributed by atoms with E-state index in [9.17, 15) is 4.79 Å². The SMILES string of the molecule is O=C(O)c1cnc(N2CCn3nc(CO)cc3C2)c(Cl)c1. The topological polar surface area (TPSA) is 91.5 Å². The molecule has 0 unspecified atom stereocenters. The van der Waals surface area contributed by atoms with Gasteiger partial charge in [0.25, 0.3) is 0 Å². The number of nitrogens with zero attached hydrogens (tertiary/aromatic N) is 4. The van der Waals surface area contributed by atoms with Gasteiger partial charge in [-0.15, -0.1) is 0 Å². The minimum Gasteiger partial charge on any atom is -0.478 e. The fourth-order valence-corrected chi connectivity index (χ4v) is 2.65. The number of pyridine rings is 1. The van der Waals surface area contributed by atoms with E-state index in [4.69, 9.17) is 21.8 Å². The molecule has 2 N–H and O–H groups in total. The zero-order chi connectivity index (χ0) is 15.0. The number of aromatic carboxylic acids is 1. The lowest BCUT2D eigenvalue weighted by Crippen LogP contribution is -2.34. The normalized spacial score (nSPS) is 14.1. The Morgan fingerprint density at radius 2 is 2.19 bits per heavy atom. The van der Waals surface area contributed by atoms with Crippen molar-refractivity contribution < 1.29 is 15.0 Å². The summed E-state index contributed by atoms with van der Waals surface area (Å²) >= 11 is 6.14. The number of carbonyl (C=O) groups is 1. The lowest BCUT2D eigenvalue weighted by atomic mass is 10.2. The highest BCUT2D eigenvalue weighted by molar-refractivity contribution is 6.33. The Hall–Kier alpha value is -2.12.